The fourth-order valence-electron chi connectivity index (χ4n) is 17.2. The van der Waals surface area contributed by atoms with Gasteiger partial charge in [0.1, 0.15) is 45.4 Å². The molecular weight excluding hydrogens is 1240 g/mol. The number of amides is 4. The van der Waals surface area contributed by atoms with Crippen molar-refractivity contribution < 1.29 is 102 Å². The quantitative estimate of drug-likeness (QED) is 0.0359. The van der Waals surface area contributed by atoms with Crippen LogP contribution in [-0.4, -0.2) is 159 Å². The Kier molecular flexibility index (Phi) is 19.4. The summed E-state index contributed by atoms with van der Waals surface area (Å²) >= 11 is 0. The Balaban J connectivity index is 0.514. The van der Waals surface area contributed by atoms with Gasteiger partial charge < -0.3 is 38.6 Å². The van der Waals surface area contributed by atoms with E-state index in [1.165, 1.54) is 12.1 Å². The summed E-state index contributed by atoms with van der Waals surface area (Å²) in [5.41, 5.74) is -6.19. The molecule has 24 nitrogen and oxygen atoms in total. The number of imide groups is 2. The average molecular weight is 1330 g/mol. The fourth-order valence-corrected chi connectivity index (χ4v) is 20.6. The zero-order valence-electron chi connectivity index (χ0n) is 53.1. The van der Waals surface area contributed by atoms with Crippen LogP contribution in [0, 0.1) is 57.2 Å². The van der Waals surface area contributed by atoms with Crippen molar-refractivity contribution in [2.24, 2.45) is 57.2 Å². The second-order valence-corrected chi connectivity index (χ2v) is 31.6. The van der Waals surface area contributed by atoms with Crippen LogP contribution in [0.3, 0.4) is 0 Å². The van der Waals surface area contributed by atoms with E-state index in [1.807, 2.05) is 27.7 Å². The first-order valence-electron chi connectivity index (χ1n) is 33.1. The number of carbonyl (C=O) groups excluding carboxylic acids is 6. The van der Waals surface area contributed by atoms with Crippen LogP contribution in [0.25, 0.3) is 0 Å². The summed E-state index contributed by atoms with van der Waals surface area (Å²) in [5, 5.41) is 20.7. The van der Waals surface area contributed by atoms with Crippen molar-refractivity contribution in [2.75, 3.05) is 51.1 Å². The molecule has 4 saturated carbocycles. The Labute approximate surface area is 537 Å². The van der Waals surface area contributed by atoms with Gasteiger partial charge >= 0.3 is 11.9 Å². The van der Waals surface area contributed by atoms with E-state index in [9.17, 15) is 65.4 Å². The second kappa shape index (κ2) is 26.3. The number of hydroxylamine groups is 4. The summed E-state index contributed by atoms with van der Waals surface area (Å²) in [5.74, 6) is -11.0. The Morgan fingerprint density at radius 3 is 1.16 bits per heavy atom. The number of ether oxygens (including phenoxy) is 6. The zero-order valence-corrected chi connectivity index (χ0v) is 54.7. The van der Waals surface area contributed by atoms with Crippen LogP contribution in [0.1, 0.15) is 190 Å². The third-order valence-corrected chi connectivity index (χ3v) is 25.3. The first-order chi connectivity index (χ1) is 43.6. The average Bonchev–Trinajstić information content (AvgIpc) is 1.56. The highest BCUT2D eigenvalue weighted by atomic mass is 32.2. The number of aromatic carboxylic acids is 2. The van der Waals surface area contributed by atoms with Crippen molar-refractivity contribution in [3.8, 4) is 11.5 Å². The van der Waals surface area contributed by atoms with Gasteiger partial charge in [-0.1, -0.05) is 129 Å². The predicted octanol–water partition coefficient (Wildman–Crippen LogP) is 8.05. The molecule has 506 valence electrons. The third-order valence-electron chi connectivity index (χ3n) is 22.8. The topological polar surface area (TPSA) is 326 Å². The third kappa shape index (κ3) is 12.3. The summed E-state index contributed by atoms with van der Waals surface area (Å²) in [6.07, 6.45) is 22.0. The number of benzene rings is 1. The van der Waals surface area contributed by atoms with Crippen molar-refractivity contribution in [3.05, 3.63) is 47.6 Å². The number of Topliss-reactive ketones (excluding diaryl/α,β-unsaturated/α-hetero) is 2. The minimum Gasteiger partial charge on any atom is -0.493 e. The Morgan fingerprint density at radius 2 is 0.848 bits per heavy atom. The standard InChI is InChI=1S/C66H88N2O22S2/c1-61(2)41-21-25-63(61,49(69)33-41)39-91(79,80)89-67-55(71)51-45-23-27-65(87-45,53(51)57(67)73)37-83-29-17-13-9-5-7-11-15-19-31-85-47-35-44(60(77)78)48(36-43(47)59(75)76)86-32-20-16-12-8-6-10-14-18-30-84-38-66-28-24-46(88-66)52-54(66)58(74)68(56(52)72)90-92(81,82)40-64-26-22-42(34-50(64)70)62(64,3)4/h23-24,27-28,35-36,41-42,45-46,51-54H,5-22,25-26,29-34,37-40H2,1-4H3,(H,75,76)(H,77,78)/t41?,42?,45?,46?,51?,52?,53?,54?,63-,64-,65?,66?/m1/s1. The van der Waals surface area contributed by atoms with Crippen LogP contribution in [0.2, 0.25) is 0 Å². The number of nitrogens with zero attached hydrogens (tertiary/aromatic N) is 2. The minimum absolute atomic E-state index is 0.000155. The molecule has 4 saturated heterocycles. The Morgan fingerprint density at radius 1 is 0.511 bits per heavy atom. The maximum absolute atomic E-state index is 13.7. The number of fused-ring (bicyclic) bond motifs is 14. The molecule has 8 fully saturated rings. The number of unbranched alkanes of at least 4 members (excludes halogenated alkanes) is 14. The van der Waals surface area contributed by atoms with Gasteiger partial charge in [0.15, 0.2) is 0 Å². The van der Waals surface area contributed by atoms with E-state index in [0.29, 0.717) is 61.9 Å². The summed E-state index contributed by atoms with van der Waals surface area (Å²) in [6, 6.07) is 2.41. The number of carboxylic acids is 2. The van der Waals surface area contributed by atoms with E-state index in [0.717, 1.165) is 103 Å². The highest BCUT2D eigenvalue weighted by Crippen LogP contribution is 2.66. The first kappa shape index (κ1) is 67.9. The molecule has 6 heterocycles. The Hall–Kier alpha value is -5.48. The minimum atomic E-state index is -4.50. The highest BCUT2D eigenvalue weighted by molar-refractivity contribution is 7.87. The van der Waals surface area contributed by atoms with E-state index >= 15 is 0 Å². The molecule has 26 heteroatoms. The summed E-state index contributed by atoms with van der Waals surface area (Å²) < 4.78 is 100. The maximum Gasteiger partial charge on any atom is 0.339 e. The van der Waals surface area contributed by atoms with E-state index in [1.54, 1.807) is 24.3 Å². The van der Waals surface area contributed by atoms with E-state index in [2.05, 4.69) is 0 Å². The lowest BCUT2D eigenvalue weighted by Gasteiger charge is -2.36. The van der Waals surface area contributed by atoms with Gasteiger partial charge in [0.25, 0.3) is 43.9 Å². The normalized spacial score (nSPS) is 32.4. The number of hydrogen-bond acceptors (Lipinski definition) is 20. The van der Waals surface area contributed by atoms with E-state index in [-0.39, 0.29) is 72.5 Å². The molecule has 92 heavy (non-hydrogen) atoms. The van der Waals surface area contributed by atoms with Gasteiger partial charge in [0.2, 0.25) is 0 Å². The van der Waals surface area contributed by atoms with Crippen molar-refractivity contribution in [2.45, 2.75) is 192 Å². The van der Waals surface area contributed by atoms with Gasteiger partial charge in [-0.15, -0.1) is 18.7 Å². The molecule has 0 spiro atoms. The number of hydrogen-bond donors (Lipinski definition) is 2. The summed E-state index contributed by atoms with van der Waals surface area (Å²) in [4.78, 5) is 105. The molecular formula is C66H88N2O22S2. The number of carbonyl (C=O) groups is 8. The van der Waals surface area contributed by atoms with Crippen LogP contribution in [0.4, 0.5) is 0 Å². The lowest BCUT2D eigenvalue weighted by molar-refractivity contribution is -0.172. The van der Waals surface area contributed by atoms with Gasteiger partial charge in [-0.3, -0.25) is 28.8 Å². The molecule has 10 aliphatic rings. The molecule has 10 unspecified atom stereocenters. The number of rotatable bonds is 38. The van der Waals surface area contributed by atoms with Crippen molar-refractivity contribution in [3.63, 3.8) is 0 Å². The monoisotopic (exact) mass is 1320 g/mol. The first-order valence-corrected chi connectivity index (χ1v) is 36.3. The van der Waals surface area contributed by atoms with Crippen LogP contribution in [-0.2, 0) is 76.5 Å². The van der Waals surface area contributed by atoms with Gasteiger partial charge in [0.05, 0.1) is 84.6 Å². The zero-order chi connectivity index (χ0) is 65.8. The van der Waals surface area contributed by atoms with Gasteiger partial charge in [0, 0.05) is 26.1 Å². The predicted molar refractivity (Wildman–Crippen MR) is 325 cm³/mol. The molecule has 12 atom stereocenters. The molecule has 0 aromatic heterocycles. The smallest absolute Gasteiger partial charge is 0.339 e. The van der Waals surface area contributed by atoms with E-state index < -0.39 is 136 Å². The molecule has 4 amide bonds. The van der Waals surface area contributed by atoms with Crippen molar-refractivity contribution >= 4 is 67.4 Å². The molecule has 1 aromatic rings. The van der Waals surface area contributed by atoms with Crippen LogP contribution in [0.15, 0.2) is 36.4 Å². The van der Waals surface area contributed by atoms with Crippen LogP contribution >= 0.6 is 0 Å². The number of carboxylic acid groups (broad SMARTS) is 2. The molecule has 0 radical (unpaired) electrons. The van der Waals surface area contributed by atoms with Crippen molar-refractivity contribution in [1.82, 2.24) is 10.1 Å². The molecule has 11 rings (SSSR count). The maximum atomic E-state index is 13.7. The molecule has 1 aromatic carbocycles. The molecule has 2 N–H and O–H groups in total. The van der Waals surface area contributed by atoms with Gasteiger partial charge in [-0.05, 0) is 86.2 Å². The van der Waals surface area contributed by atoms with Gasteiger partial charge in [-0.25, -0.2) is 9.59 Å². The van der Waals surface area contributed by atoms with Gasteiger partial charge in [-0.2, -0.15) is 16.8 Å². The lowest BCUT2D eigenvalue weighted by Crippen LogP contribution is -2.46. The lowest BCUT2D eigenvalue weighted by atomic mass is 9.70. The molecule has 6 aliphatic heterocycles. The summed E-state index contributed by atoms with van der Waals surface area (Å²) in [6.45, 7) is 8.76. The molecule has 8 bridgehead atoms. The highest BCUT2D eigenvalue weighted by Gasteiger charge is 2.72. The van der Waals surface area contributed by atoms with Crippen LogP contribution in [0.5, 0.6) is 11.5 Å². The van der Waals surface area contributed by atoms with Crippen LogP contribution < -0.4 is 9.47 Å². The number of ketones is 2. The SMILES string of the molecule is CC1(C)C2CC[C@@]1(CS(=O)(=O)ON1C(=O)C3C4C=CC(COCCCCCCCCCCOc5cc(C(=O)O)c(OCCCCCCCCCCOCC67C=CC(O6)C6C(=O)N(OS(=O)(=O)C[C@]89CCC(CC8=O)C9(C)C)C(=O)C67)cc5C(=O)O)(O4)C3C1=O)C(=O)C2. The van der Waals surface area contributed by atoms with E-state index in [4.69, 9.17) is 37.0 Å². The second-order valence-electron chi connectivity index (χ2n) is 28.5. The fraction of sp³-hybridized carbons (Fsp3) is 0.727. The Bertz CT molecular complexity index is 3180. The summed E-state index contributed by atoms with van der Waals surface area (Å²) in [7, 11) is -8.99. The largest absolute Gasteiger partial charge is 0.493 e. The molecule has 4 aliphatic carbocycles. The van der Waals surface area contributed by atoms with Crippen molar-refractivity contribution in [1.29, 1.82) is 0 Å².